The van der Waals surface area contributed by atoms with Crippen LogP contribution in [0.1, 0.15) is 55.8 Å². The highest BCUT2D eigenvalue weighted by molar-refractivity contribution is 6.37. The third kappa shape index (κ3) is 6.87. The molecule has 210 valence electrons. The number of carbonyl (C=O) groups is 2. The van der Waals surface area contributed by atoms with Crippen LogP contribution in [0.3, 0.4) is 0 Å². The van der Waals surface area contributed by atoms with Crippen molar-refractivity contribution in [1.29, 1.82) is 0 Å². The lowest BCUT2D eigenvalue weighted by Crippen LogP contribution is -2.47. The second kappa shape index (κ2) is 13.3. The predicted molar refractivity (Wildman–Crippen MR) is 160 cm³/mol. The SMILES string of the molecule is CC(=O)c1cnc2ccc(-c3cc(Cl)c(O)c(Cl)c3)nc2c1N[C@H]1CC[C@H](NC(=O)[C@@H]2CCCN2)CC1.Cl.Cl. The molecule has 0 bridgehead atoms. The van der Waals surface area contributed by atoms with E-state index >= 15 is 0 Å². The number of phenols is 1. The Kier molecular flexibility index (Phi) is 10.7. The number of ketones is 1. The molecule has 1 atom stereocenters. The summed E-state index contributed by atoms with van der Waals surface area (Å²) in [4.78, 5) is 34.3. The van der Waals surface area contributed by atoms with E-state index in [0.717, 1.165) is 45.1 Å². The molecule has 3 heterocycles. The Balaban J connectivity index is 0.00000210. The number of pyridine rings is 2. The van der Waals surface area contributed by atoms with Crippen molar-refractivity contribution in [3.63, 3.8) is 0 Å². The van der Waals surface area contributed by atoms with E-state index in [4.69, 9.17) is 28.2 Å². The molecule has 39 heavy (non-hydrogen) atoms. The van der Waals surface area contributed by atoms with E-state index in [0.29, 0.717) is 33.5 Å². The normalized spacial score (nSPS) is 20.5. The van der Waals surface area contributed by atoms with Crippen LogP contribution in [0.15, 0.2) is 30.5 Å². The molecule has 8 nitrogen and oxygen atoms in total. The number of hydrogen-bond donors (Lipinski definition) is 4. The van der Waals surface area contributed by atoms with Crippen molar-refractivity contribution in [3.05, 3.63) is 46.1 Å². The summed E-state index contributed by atoms with van der Waals surface area (Å²) in [6, 6.07) is 7.05. The molecule has 5 rings (SSSR count). The first kappa shape index (κ1) is 31.2. The Morgan fingerprint density at radius 2 is 1.69 bits per heavy atom. The fraction of sp³-hybridized carbons (Fsp3) is 0.407. The number of aromatic nitrogens is 2. The maximum atomic E-state index is 12.5. The summed E-state index contributed by atoms with van der Waals surface area (Å²) >= 11 is 12.3. The highest BCUT2D eigenvalue weighted by Crippen LogP contribution is 2.37. The van der Waals surface area contributed by atoms with Gasteiger partial charge in [-0.15, -0.1) is 24.8 Å². The maximum absolute atomic E-state index is 12.5. The van der Waals surface area contributed by atoms with Crippen molar-refractivity contribution in [3.8, 4) is 17.0 Å². The number of carbonyl (C=O) groups excluding carboxylic acids is 2. The van der Waals surface area contributed by atoms with Crippen LogP contribution in [0, 0.1) is 0 Å². The van der Waals surface area contributed by atoms with Gasteiger partial charge in [0.2, 0.25) is 5.91 Å². The summed E-state index contributed by atoms with van der Waals surface area (Å²) < 4.78 is 0. The minimum Gasteiger partial charge on any atom is -0.505 e. The lowest BCUT2D eigenvalue weighted by atomic mass is 9.90. The fourth-order valence-corrected chi connectivity index (χ4v) is 5.64. The van der Waals surface area contributed by atoms with E-state index in [2.05, 4.69) is 20.9 Å². The lowest BCUT2D eigenvalue weighted by molar-refractivity contribution is -0.123. The Morgan fingerprint density at radius 1 is 1.03 bits per heavy atom. The second-order valence-corrected chi connectivity index (χ2v) is 10.6. The monoisotopic (exact) mass is 613 g/mol. The van der Waals surface area contributed by atoms with E-state index in [1.165, 1.54) is 6.92 Å². The van der Waals surface area contributed by atoms with E-state index in [1.807, 2.05) is 6.07 Å². The molecule has 2 aromatic heterocycles. The first-order valence-corrected chi connectivity index (χ1v) is 13.3. The molecular weight excluding hydrogens is 584 g/mol. The standard InChI is InChI=1S/C27H29Cl2N5O3.2ClH/c1-14(35)18-13-31-22-9-8-21(15-11-19(28)26(36)20(29)12-15)34-25(22)24(18)32-16-4-6-17(7-5-16)33-27(37)23-3-2-10-30-23;;/h8-9,11-13,16-17,23,30,36H,2-7,10H2,1H3,(H,31,32)(H,33,37);2*1H/t16-,17-,23-;;/m0../s1. The van der Waals surface area contributed by atoms with Gasteiger partial charge in [0.25, 0.3) is 0 Å². The molecule has 2 fully saturated rings. The maximum Gasteiger partial charge on any atom is 0.237 e. The molecule has 3 aromatic rings. The van der Waals surface area contributed by atoms with Crippen LogP contribution in [-0.2, 0) is 4.79 Å². The molecule has 1 saturated heterocycles. The molecule has 1 aliphatic heterocycles. The lowest BCUT2D eigenvalue weighted by Gasteiger charge is -2.31. The zero-order chi connectivity index (χ0) is 26.1. The number of rotatable bonds is 6. The first-order chi connectivity index (χ1) is 17.8. The average molecular weight is 615 g/mol. The Morgan fingerprint density at radius 3 is 2.31 bits per heavy atom. The summed E-state index contributed by atoms with van der Waals surface area (Å²) in [6.45, 7) is 2.41. The largest absolute Gasteiger partial charge is 0.505 e. The Labute approximate surface area is 249 Å². The van der Waals surface area contributed by atoms with Gasteiger partial charge in [0.1, 0.15) is 5.52 Å². The van der Waals surface area contributed by atoms with E-state index in [9.17, 15) is 14.7 Å². The van der Waals surface area contributed by atoms with Crippen LogP contribution >= 0.6 is 48.0 Å². The predicted octanol–water partition coefficient (Wildman–Crippen LogP) is 5.95. The summed E-state index contributed by atoms with van der Waals surface area (Å²) in [5.41, 5.74) is 3.58. The Bertz CT molecular complexity index is 1340. The van der Waals surface area contributed by atoms with Gasteiger partial charge in [0.05, 0.1) is 38.5 Å². The van der Waals surface area contributed by atoms with Gasteiger partial charge >= 0.3 is 0 Å². The quantitative estimate of drug-likeness (QED) is 0.254. The number of halogens is 4. The van der Waals surface area contributed by atoms with Crippen molar-refractivity contribution in [2.24, 2.45) is 0 Å². The van der Waals surface area contributed by atoms with Crippen LogP contribution in [0.25, 0.3) is 22.3 Å². The van der Waals surface area contributed by atoms with Gasteiger partial charge in [0.15, 0.2) is 11.5 Å². The van der Waals surface area contributed by atoms with Gasteiger partial charge in [-0.3, -0.25) is 14.6 Å². The third-order valence-corrected chi connectivity index (χ3v) is 7.78. The minimum atomic E-state index is -0.179. The number of phenolic OH excluding ortho intramolecular Hbond substituents is 1. The zero-order valence-corrected chi connectivity index (χ0v) is 24.4. The third-order valence-electron chi connectivity index (χ3n) is 7.20. The summed E-state index contributed by atoms with van der Waals surface area (Å²) in [6.07, 6.45) is 6.94. The molecule has 0 spiro atoms. The second-order valence-electron chi connectivity index (χ2n) is 9.81. The molecule has 0 unspecified atom stereocenters. The first-order valence-electron chi connectivity index (χ1n) is 12.6. The van der Waals surface area contributed by atoms with Crippen LogP contribution in [0.4, 0.5) is 5.69 Å². The van der Waals surface area contributed by atoms with Gasteiger partial charge in [-0.25, -0.2) is 4.98 Å². The topological polar surface area (TPSA) is 116 Å². The van der Waals surface area contributed by atoms with Crippen LogP contribution in [-0.4, -0.2) is 51.4 Å². The van der Waals surface area contributed by atoms with Gasteiger partial charge in [-0.2, -0.15) is 0 Å². The van der Waals surface area contributed by atoms with Gasteiger partial charge in [0, 0.05) is 23.8 Å². The minimum absolute atomic E-state index is 0. The highest BCUT2D eigenvalue weighted by atomic mass is 35.5. The molecule has 12 heteroatoms. The van der Waals surface area contributed by atoms with Crippen LogP contribution in [0.5, 0.6) is 5.75 Å². The van der Waals surface area contributed by atoms with Crippen molar-refractivity contribution < 1.29 is 14.7 Å². The van der Waals surface area contributed by atoms with E-state index in [1.54, 1.807) is 24.4 Å². The number of anilines is 1. The van der Waals surface area contributed by atoms with Gasteiger partial charge in [-0.05, 0) is 76.3 Å². The number of aromatic hydroxyl groups is 1. The molecular formula is C27H31Cl4N5O3. The molecule has 0 radical (unpaired) electrons. The zero-order valence-electron chi connectivity index (χ0n) is 21.3. The van der Waals surface area contributed by atoms with E-state index in [-0.39, 0.29) is 70.4 Å². The molecule has 1 amide bonds. The van der Waals surface area contributed by atoms with Gasteiger partial charge < -0.3 is 21.1 Å². The molecule has 2 aliphatic rings. The van der Waals surface area contributed by atoms with Crippen LogP contribution < -0.4 is 16.0 Å². The number of nitrogens with one attached hydrogen (secondary N) is 3. The summed E-state index contributed by atoms with van der Waals surface area (Å²) in [5.74, 6) is -0.189. The van der Waals surface area contributed by atoms with Crippen molar-refractivity contribution in [1.82, 2.24) is 20.6 Å². The van der Waals surface area contributed by atoms with Crippen molar-refractivity contribution in [2.75, 3.05) is 11.9 Å². The fourth-order valence-electron chi connectivity index (χ4n) is 5.15. The van der Waals surface area contributed by atoms with Crippen molar-refractivity contribution >= 4 is 76.4 Å². The summed E-state index contributed by atoms with van der Waals surface area (Å²) in [7, 11) is 0. The number of amides is 1. The van der Waals surface area contributed by atoms with Crippen LogP contribution in [0.2, 0.25) is 10.0 Å². The molecule has 1 aromatic carbocycles. The van der Waals surface area contributed by atoms with Crippen molar-refractivity contribution in [2.45, 2.75) is 63.6 Å². The highest BCUT2D eigenvalue weighted by Gasteiger charge is 2.28. The molecule has 1 aliphatic carbocycles. The number of nitrogens with zero attached hydrogens (tertiary/aromatic N) is 2. The number of benzene rings is 1. The Hall–Kier alpha value is -2.36. The number of Topliss-reactive ketones (excluding diaryl/α,β-unsaturated/α-hetero) is 1. The number of fused-ring (bicyclic) bond motifs is 1. The van der Waals surface area contributed by atoms with Gasteiger partial charge in [-0.1, -0.05) is 23.2 Å². The average Bonchev–Trinajstić information content (AvgIpc) is 3.43. The molecule has 4 N–H and O–H groups in total. The molecule has 1 saturated carbocycles. The van der Waals surface area contributed by atoms with E-state index < -0.39 is 0 Å². The summed E-state index contributed by atoms with van der Waals surface area (Å²) in [5, 5.41) is 20.2. The smallest absolute Gasteiger partial charge is 0.237 e. The number of hydrogen-bond acceptors (Lipinski definition) is 7.